The zero-order valence-electron chi connectivity index (χ0n) is 16.4. The Morgan fingerprint density at radius 1 is 1.11 bits per heavy atom. The number of nitrogens with one attached hydrogen (secondary N) is 1. The van der Waals surface area contributed by atoms with Gasteiger partial charge in [0.05, 0.1) is 0 Å². The van der Waals surface area contributed by atoms with Crippen molar-refractivity contribution in [1.82, 2.24) is 14.9 Å². The Kier molecular flexibility index (Phi) is 4.53. The molecule has 1 heterocycles. The van der Waals surface area contributed by atoms with Crippen LogP contribution in [0.15, 0.2) is 54.9 Å². The highest BCUT2D eigenvalue weighted by Crippen LogP contribution is 2.40. The van der Waals surface area contributed by atoms with Crippen LogP contribution in [-0.4, -0.2) is 21.0 Å². The van der Waals surface area contributed by atoms with Crippen LogP contribution in [0.1, 0.15) is 55.7 Å². The van der Waals surface area contributed by atoms with Crippen molar-refractivity contribution in [3.8, 4) is 16.8 Å². The van der Waals surface area contributed by atoms with E-state index in [9.17, 15) is 9.18 Å². The van der Waals surface area contributed by atoms with E-state index in [0.29, 0.717) is 11.5 Å². The Morgan fingerprint density at radius 2 is 1.82 bits per heavy atom. The first-order valence-electron chi connectivity index (χ1n) is 9.57. The van der Waals surface area contributed by atoms with Crippen LogP contribution in [0, 0.1) is 5.82 Å². The fourth-order valence-electron chi connectivity index (χ4n) is 3.28. The number of hydrogen-bond acceptors (Lipinski definition) is 2. The summed E-state index contributed by atoms with van der Waals surface area (Å²) in [4.78, 5) is 17.4. The van der Waals surface area contributed by atoms with E-state index >= 15 is 0 Å². The Morgan fingerprint density at radius 3 is 2.46 bits per heavy atom. The molecule has 28 heavy (non-hydrogen) atoms. The second kappa shape index (κ2) is 6.89. The number of hydrogen-bond donors (Lipinski definition) is 1. The summed E-state index contributed by atoms with van der Waals surface area (Å²) >= 11 is 0. The molecule has 0 radical (unpaired) electrons. The molecule has 2 aromatic carbocycles. The summed E-state index contributed by atoms with van der Waals surface area (Å²) in [6.45, 7) is 5.87. The highest BCUT2D eigenvalue weighted by Gasteiger charge is 2.28. The highest BCUT2D eigenvalue weighted by atomic mass is 19.1. The van der Waals surface area contributed by atoms with Gasteiger partial charge >= 0.3 is 0 Å². The van der Waals surface area contributed by atoms with Crippen LogP contribution >= 0.6 is 0 Å². The van der Waals surface area contributed by atoms with Gasteiger partial charge in [0.25, 0.3) is 5.91 Å². The largest absolute Gasteiger partial charge is 0.347 e. The number of rotatable bonds is 4. The standard InChI is InChI=1S/C23H24FN3O/c1-23(2,3)26-22(28)18-12-17(15-6-8-19(24)9-7-15)13-20(14-18)27-11-10-25-21(27)16-4-5-16/h6-14,16H,4-5H2,1-3H3,(H,26,28). The minimum Gasteiger partial charge on any atom is -0.347 e. The third-order valence-corrected chi connectivity index (χ3v) is 4.74. The van der Waals surface area contributed by atoms with Crippen LogP contribution in [0.3, 0.4) is 0 Å². The maximum Gasteiger partial charge on any atom is 0.251 e. The van der Waals surface area contributed by atoms with Crippen molar-refractivity contribution < 1.29 is 9.18 Å². The summed E-state index contributed by atoms with van der Waals surface area (Å²) in [6, 6.07) is 12.1. The Hall–Kier alpha value is -2.95. The van der Waals surface area contributed by atoms with Gasteiger partial charge in [-0.2, -0.15) is 0 Å². The molecule has 4 rings (SSSR count). The highest BCUT2D eigenvalue weighted by molar-refractivity contribution is 5.96. The normalized spacial score (nSPS) is 14.1. The van der Waals surface area contributed by atoms with Gasteiger partial charge in [0.1, 0.15) is 11.6 Å². The van der Waals surface area contributed by atoms with Gasteiger partial charge in [-0.3, -0.25) is 4.79 Å². The number of carbonyl (C=O) groups is 1. The van der Waals surface area contributed by atoms with Crippen molar-refractivity contribution in [3.05, 3.63) is 72.1 Å². The zero-order chi connectivity index (χ0) is 19.9. The summed E-state index contributed by atoms with van der Waals surface area (Å²) < 4.78 is 15.4. The minimum atomic E-state index is -0.336. The van der Waals surface area contributed by atoms with Crippen LogP contribution in [0.2, 0.25) is 0 Å². The van der Waals surface area contributed by atoms with Crippen molar-refractivity contribution in [2.24, 2.45) is 0 Å². The molecule has 1 amide bonds. The average Bonchev–Trinajstić information content (AvgIpc) is 3.37. The van der Waals surface area contributed by atoms with E-state index in [-0.39, 0.29) is 17.3 Å². The molecule has 1 aliphatic rings. The molecule has 1 saturated carbocycles. The summed E-state index contributed by atoms with van der Waals surface area (Å²) in [5, 5.41) is 3.02. The van der Waals surface area contributed by atoms with Crippen LogP contribution in [-0.2, 0) is 0 Å². The number of halogens is 1. The zero-order valence-corrected chi connectivity index (χ0v) is 16.4. The average molecular weight is 377 g/mol. The van der Waals surface area contributed by atoms with Gasteiger partial charge in [0.2, 0.25) is 0 Å². The lowest BCUT2D eigenvalue weighted by atomic mass is 10.0. The first-order valence-corrected chi connectivity index (χ1v) is 9.57. The molecule has 1 aromatic heterocycles. The molecule has 0 spiro atoms. The third kappa shape index (κ3) is 3.98. The molecule has 1 aliphatic carbocycles. The smallest absolute Gasteiger partial charge is 0.251 e. The summed E-state index contributed by atoms with van der Waals surface area (Å²) in [5.41, 5.74) is 2.85. The van der Waals surface area contributed by atoms with Crippen LogP contribution in [0.5, 0.6) is 0 Å². The van der Waals surface area contributed by atoms with Gasteiger partial charge in [-0.1, -0.05) is 12.1 Å². The quantitative estimate of drug-likeness (QED) is 0.689. The van der Waals surface area contributed by atoms with E-state index < -0.39 is 0 Å². The van der Waals surface area contributed by atoms with Crippen molar-refractivity contribution >= 4 is 5.91 Å². The fourth-order valence-corrected chi connectivity index (χ4v) is 3.28. The lowest BCUT2D eigenvalue weighted by molar-refractivity contribution is 0.0919. The number of imidazole rings is 1. The number of aromatic nitrogens is 2. The SMILES string of the molecule is CC(C)(C)NC(=O)c1cc(-c2ccc(F)cc2)cc(-n2ccnc2C2CC2)c1. The number of benzene rings is 2. The van der Waals surface area contributed by atoms with Crippen molar-refractivity contribution in [2.45, 2.75) is 45.1 Å². The van der Waals surface area contributed by atoms with Gasteiger partial charge in [-0.15, -0.1) is 0 Å². The molecule has 5 heteroatoms. The lowest BCUT2D eigenvalue weighted by Crippen LogP contribution is -2.40. The van der Waals surface area contributed by atoms with Crippen molar-refractivity contribution in [2.75, 3.05) is 0 Å². The number of carbonyl (C=O) groups excluding carboxylic acids is 1. The molecule has 3 aromatic rings. The molecule has 0 unspecified atom stereocenters. The molecule has 1 N–H and O–H groups in total. The van der Waals surface area contributed by atoms with E-state index in [1.54, 1.807) is 18.3 Å². The molecular weight excluding hydrogens is 353 g/mol. The Balaban J connectivity index is 1.82. The molecule has 0 aliphatic heterocycles. The predicted molar refractivity (Wildman–Crippen MR) is 108 cm³/mol. The van der Waals surface area contributed by atoms with Gasteiger partial charge in [-0.25, -0.2) is 9.37 Å². The van der Waals surface area contributed by atoms with Gasteiger partial charge in [-0.05, 0) is 75.1 Å². The van der Waals surface area contributed by atoms with Gasteiger partial charge in [0.15, 0.2) is 0 Å². The Bertz CT molecular complexity index is 1010. The van der Waals surface area contributed by atoms with Crippen LogP contribution in [0.25, 0.3) is 16.8 Å². The molecule has 4 nitrogen and oxygen atoms in total. The minimum absolute atomic E-state index is 0.134. The van der Waals surface area contributed by atoms with Crippen LogP contribution in [0.4, 0.5) is 4.39 Å². The van der Waals surface area contributed by atoms with E-state index in [0.717, 1.165) is 35.5 Å². The predicted octanol–water partition coefficient (Wildman–Crippen LogP) is 5.08. The number of nitrogens with zero attached hydrogens (tertiary/aromatic N) is 2. The molecule has 0 bridgehead atoms. The third-order valence-electron chi connectivity index (χ3n) is 4.74. The molecular formula is C23H24FN3O. The molecule has 0 atom stereocenters. The van der Waals surface area contributed by atoms with E-state index in [1.165, 1.54) is 12.1 Å². The summed E-state index contributed by atoms with van der Waals surface area (Å²) in [6.07, 6.45) is 6.02. The second-order valence-electron chi connectivity index (χ2n) is 8.41. The lowest BCUT2D eigenvalue weighted by Gasteiger charge is -2.21. The van der Waals surface area contributed by atoms with Crippen molar-refractivity contribution in [1.29, 1.82) is 0 Å². The molecule has 0 saturated heterocycles. The van der Waals surface area contributed by atoms with E-state index in [4.69, 9.17) is 0 Å². The second-order valence-corrected chi connectivity index (χ2v) is 8.41. The molecule has 1 fully saturated rings. The topological polar surface area (TPSA) is 46.9 Å². The van der Waals surface area contributed by atoms with Gasteiger partial charge < -0.3 is 9.88 Å². The fraction of sp³-hybridized carbons (Fsp3) is 0.304. The van der Waals surface area contributed by atoms with E-state index in [1.807, 2.05) is 45.2 Å². The Labute approximate surface area is 164 Å². The number of amides is 1. The maximum absolute atomic E-state index is 13.4. The monoisotopic (exact) mass is 377 g/mol. The van der Waals surface area contributed by atoms with Gasteiger partial charge in [0, 0.05) is 35.1 Å². The summed E-state index contributed by atoms with van der Waals surface area (Å²) in [5.74, 6) is 1.09. The van der Waals surface area contributed by atoms with E-state index in [2.05, 4.69) is 14.9 Å². The first-order chi connectivity index (χ1) is 13.3. The first kappa shape index (κ1) is 18.4. The maximum atomic E-state index is 13.4. The molecule has 144 valence electrons. The van der Waals surface area contributed by atoms with Crippen molar-refractivity contribution in [3.63, 3.8) is 0 Å². The van der Waals surface area contributed by atoms with Crippen LogP contribution < -0.4 is 5.32 Å². The summed E-state index contributed by atoms with van der Waals surface area (Å²) in [7, 11) is 0.